The molecule has 120 valence electrons. The summed E-state index contributed by atoms with van der Waals surface area (Å²) in [5.41, 5.74) is -2.26. The smallest absolute Gasteiger partial charge is 0.344 e. The number of nitrogens with zero attached hydrogens (tertiary/aromatic N) is 1. The van der Waals surface area contributed by atoms with Crippen LogP contribution in [0, 0.1) is 5.92 Å². The first-order valence-electron chi connectivity index (χ1n) is 6.96. The fourth-order valence-electron chi connectivity index (χ4n) is 2.39. The van der Waals surface area contributed by atoms with E-state index in [1.807, 2.05) is 0 Å². The molecule has 0 spiro atoms. The topological polar surface area (TPSA) is 90.0 Å². The van der Waals surface area contributed by atoms with Gasteiger partial charge in [-0.2, -0.15) is 0 Å². The zero-order valence-electron chi connectivity index (χ0n) is 12.1. The highest BCUT2D eigenvalue weighted by atomic mass is 19.1. The number of alkyl halides is 1. The molecular weight excluding hydrogens is 309 g/mol. The third-order valence-corrected chi connectivity index (χ3v) is 3.73. The zero-order chi connectivity index (χ0) is 16.8. The number of hydrogen-bond acceptors (Lipinski definition) is 6. The summed E-state index contributed by atoms with van der Waals surface area (Å²) in [6.45, 7) is 1.49. The number of rotatable bonds is 4. The number of ether oxygens (including phenoxy) is 1. The lowest BCUT2D eigenvalue weighted by Gasteiger charge is -2.13. The average Bonchev–Trinajstić information content (AvgIpc) is 3.19. The molecule has 23 heavy (non-hydrogen) atoms. The second-order valence-electron chi connectivity index (χ2n) is 5.20. The number of hydroxylamine groups is 2. The number of amides is 2. The second kappa shape index (κ2) is 5.15. The van der Waals surface area contributed by atoms with Crippen LogP contribution < -0.4 is 0 Å². The maximum Gasteiger partial charge on any atom is 0.344 e. The summed E-state index contributed by atoms with van der Waals surface area (Å²) in [6.07, 6.45) is -0.395. The maximum absolute atomic E-state index is 14.2. The first-order valence-corrected chi connectivity index (χ1v) is 6.96. The fourth-order valence-corrected chi connectivity index (χ4v) is 2.39. The summed E-state index contributed by atoms with van der Waals surface area (Å²) < 4.78 is 18.7. The van der Waals surface area contributed by atoms with Crippen LogP contribution in [0.4, 0.5) is 4.39 Å². The van der Waals surface area contributed by atoms with Gasteiger partial charge < -0.3 is 9.57 Å². The first kappa shape index (κ1) is 15.1. The molecule has 2 aliphatic rings. The number of hydrogen-bond donors (Lipinski definition) is 0. The first-order chi connectivity index (χ1) is 10.9. The van der Waals surface area contributed by atoms with Crippen molar-refractivity contribution in [3.8, 4) is 0 Å². The van der Waals surface area contributed by atoms with Crippen LogP contribution in [0.3, 0.4) is 0 Å². The summed E-state index contributed by atoms with van der Waals surface area (Å²) in [4.78, 5) is 52.1. The third-order valence-electron chi connectivity index (χ3n) is 3.73. The van der Waals surface area contributed by atoms with Gasteiger partial charge in [-0.25, -0.2) is 14.0 Å². The Morgan fingerprint density at radius 3 is 2.35 bits per heavy atom. The minimum Gasteiger partial charge on any atom is -0.464 e. The molecular formula is C15H12FNO6. The van der Waals surface area contributed by atoms with Crippen molar-refractivity contribution in [2.45, 2.75) is 19.0 Å². The molecule has 1 fully saturated rings. The van der Waals surface area contributed by atoms with Crippen LogP contribution in [0.15, 0.2) is 24.3 Å². The molecule has 8 heteroatoms. The molecule has 2 atom stereocenters. The minimum absolute atomic E-state index is 0.0231. The Hall–Kier alpha value is -2.77. The van der Waals surface area contributed by atoms with Crippen LogP contribution in [0.25, 0.3) is 0 Å². The van der Waals surface area contributed by atoms with Crippen LogP contribution in [-0.4, -0.2) is 41.1 Å². The van der Waals surface area contributed by atoms with Crippen molar-refractivity contribution < 1.29 is 33.1 Å². The van der Waals surface area contributed by atoms with E-state index in [4.69, 9.17) is 4.84 Å². The van der Waals surface area contributed by atoms with E-state index < -0.39 is 41.8 Å². The number of carbonyl (C=O) groups excluding carboxylic acids is 4. The van der Waals surface area contributed by atoms with Gasteiger partial charge in [-0.15, -0.1) is 0 Å². The molecule has 2 unspecified atom stereocenters. The standard InChI is InChI=1S/C15H12FNO6/c1-2-22-14(21)15(16)7-10(15)13(20)23-17-11(18)8-5-3-4-6-9(8)12(17)19/h3-6,10H,2,7H2,1H3. The van der Waals surface area contributed by atoms with Crippen molar-refractivity contribution in [2.24, 2.45) is 5.92 Å². The average molecular weight is 321 g/mol. The number of carbonyl (C=O) groups is 4. The van der Waals surface area contributed by atoms with Crippen molar-refractivity contribution in [2.75, 3.05) is 6.61 Å². The Morgan fingerprint density at radius 2 is 1.83 bits per heavy atom. The van der Waals surface area contributed by atoms with E-state index in [0.29, 0.717) is 0 Å². The summed E-state index contributed by atoms with van der Waals surface area (Å²) >= 11 is 0. The summed E-state index contributed by atoms with van der Waals surface area (Å²) in [6, 6.07) is 5.95. The van der Waals surface area contributed by atoms with E-state index in [0.717, 1.165) is 0 Å². The highest BCUT2D eigenvalue weighted by Crippen LogP contribution is 2.49. The monoisotopic (exact) mass is 321 g/mol. The zero-order valence-corrected chi connectivity index (χ0v) is 12.1. The lowest BCUT2D eigenvalue weighted by Crippen LogP contribution is -2.35. The number of fused-ring (bicyclic) bond motifs is 1. The Balaban J connectivity index is 1.70. The predicted molar refractivity (Wildman–Crippen MR) is 71.6 cm³/mol. The van der Waals surface area contributed by atoms with Gasteiger partial charge in [-0.1, -0.05) is 17.2 Å². The van der Waals surface area contributed by atoms with Crippen molar-refractivity contribution >= 4 is 23.8 Å². The fraction of sp³-hybridized carbons (Fsp3) is 0.333. The summed E-state index contributed by atoms with van der Waals surface area (Å²) in [7, 11) is 0. The summed E-state index contributed by atoms with van der Waals surface area (Å²) in [5, 5.41) is 0.289. The highest BCUT2D eigenvalue weighted by Gasteiger charge is 2.68. The van der Waals surface area contributed by atoms with Crippen LogP contribution in [-0.2, 0) is 19.2 Å². The van der Waals surface area contributed by atoms with Gasteiger partial charge in [0, 0.05) is 6.42 Å². The SMILES string of the molecule is CCOC(=O)C1(F)CC1C(=O)ON1C(=O)c2ccccc2C1=O. The summed E-state index contributed by atoms with van der Waals surface area (Å²) in [5.74, 6) is -5.30. The van der Waals surface area contributed by atoms with Crippen molar-refractivity contribution in [1.29, 1.82) is 0 Å². The third kappa shape index (κ3) is 2.26. The van der Waals surface area contributed by atoms with E-state index in [2.05, 4.69) is 4.74 Å². The molecule has 1 heterocycles. The largest absolute Gasteiger partial charge is 0.464 e. The van der Waals surface area contributed by atoms with Gasteiger partial charge in [0.25, 0.3) is 11.8 Å². The molecule has 1 saturated carbocycles. The lowest BCUT2D eigenvalue weighted by molar-refractivity contribution is -0.173. The van der Waals surface area contributed by atoms with Gasteiger partial charge in [-0.3, -0.25) is 9.59 Å². The Labute approximate surface area is 129 Å². The van der Waals surface area contributed by atoms with Crippen molar-refractivity contribution in [3.63, 3.8) is 0 Å². The van der Waals surface area contributed by atoms with Gasteiger partial charge in [0.15, 0.2) is 0 Å². The molecule has 1 aliphatic heterocycles. The minimum atomic E-state index is -2.45. The van der Waals surface area contributed by atoms with Gasteiger partial charge in [0.05, 0.1) is 17.7 Å². The molecule has 1 aliphatic carbocycles. The Bertz CT molecular complexity index is 697. The Morgan fingerprint density at radius 1 is 1.26 bits per heavy atom. The van der Waals surface area contributed by atoms with Crippen molar-refractivity contribution in [3.05, 3.63) is 35.4 Å². The second-order valence-corrected chi connectivity index (χ2v) is 5.20. The molecule has 0 bridgehead atoms. The van der Waals surface area contributed by atoms with Gasteiger partial charge in [0.1, 0.15) is 5.92 Å². The molecule has 1 aromatic carbocycles. The molecule has 7 nitrogen and oxygen atoms in total. The molecule has 2 amide bonds. The highest BCUT2D eigenvalue weighted by molar-refractivity contribution is 6.21. The number of esters is 1. The predicted octanol–water partition coefficient (Wildman–Crippen LogP) is 1.03. The molecule has 3 rings (SSSR count). The number of imide groups is 1. The normalized spacial score (nSPS) is 25.1. The van der Waals surface area contributed by atoms with Crippen LogP contribution >= 0.6 is 0 Å². The van der Waals surface area contributed by atoms with Crippen LogP contribution in [0.2, 0.25) is 0 Å². The van der Waals surface area contributed by atoms with Gasteiger partial charge in [0.2, 0.25) is 5.67 Å². The molecule has 0 saturated heterocycles. The van der Waals surface area contributed by atoms with Crippen molar-refractivity contribution in [1.82, 2.24) is 5.06 Å². The van der Waals surface area contributed by atoms with Crippen LogP contribution in [0.5, 0.6) is 0 Å². The maximum atomic E-state index is 14.2. The lowest BCUT2D eigenvalue weighted by atomic mass is 10.1. The van der Waals surface area contributed by atoms with Gasteiger partial charge >= 0.3 is 11.9 Å². The molecule has 0 N–H and O–H groups in total. The quantitative estimate of drug-likeness (QED) is 0.608. The van der Waals surface area contributed by atoms with E-state index in [1.54, 1.807) is 12.1 Å². The van der Waals surface area contributed by atoms with Crippen LogP contribution in [0.1, 0.15) is 34.1 Å². The van der Waals surface area contributed by atoms with E-state index >= 15 is 0 Å². The number of benzene rings is 1. The number of halogens is 1. The Kier molecular flexibility index (Phi) is 3.39. The van der Waals surface area contributed by atoms with E-state index in [1.165, 1.54) is 19.1 Å². The van der Waals surface area contributed by atoms with E-state index in [-0.39, 0.29) is 22.8 Å². The molecule has 0 radical (unpaired) electrons. The van der Waals surface area contributed by atoms with Gasteiger partial charge in [-0.05, 0) is 19.1 Å². The molecule has 1 aromatic rings. The van der Waals surface area contributed by atoms with E-state index in [9.17, 15) is 23.6 Å². The molecule has 0 aromatic heterocycles.